The van der Waals surface area contributed by atoms with Crippen LogP contribution in [0.3, 0.4) is 0 Å². The molecule has 0 radical (unpaired) electrons. The number of methoxy groups -OCH3 is 1. The molecule has 0 saturated heterocycles. The van der Waals surface area contributed by atoms with E-state index < -0.39 is 17.8 Å². The van der Waals surface area contributed by atoms with E-state index in [4.69, 9.17) is 4.74 Å². The van der Waals surface area contributed by atoms with Gasteiger partial charge in [0.05, 0.1) is 12.7 Å². The summed E-state index contributed by atoms with van der Waals surface area (Å²) >= 11 is 0. The van der Waals surface area contributed by atoms with Gasteiger partial charge in [-0.05, 0) is 48.7 Å². The highest BCUT2D eigenvalue weighted by molar-refractivity contribution is 5.86. The van der Waals surface area contributed by atoms with Gasteiger partial charge in [-0.1, -0.05) is 37.5 Å². The average molecular weight is 406 g/mol. The number of hydrogen-bond acceptors (Lipinski definition) is 3. The maximum Gasteiger partial charge on any atom is 0.416 e. The van der Waals surface area contributed by atoms with Crippen LogP contribution in [0.15, 0.2) is 48.5 Å². The Labute approximate surface area is 168 Å². The molecule has 156 valence electrons. The molecule has 7 heteroatoms. The highest BCUT2D eigenvalue weighted by Gasteiger charge is 2.31. The van der Waals surface area contributed by atoms with Crippen LogP contribution in [0.5, 0.6) is 5.75 Å². The topological polar surface area (TPSA) is 50.4 Å². The third kappa shape index (κ3) is 5.65. The Morgan fingerprint density at radius 2 is 1.79 bits per heavy atom. The average Bonchev–Trinajstić information content (AvgIpc) is 2.72. The lowest BCUT2D eigenvalue weighted by atomic mass is 9.95. The fraction of sp³-hybridized carbons (Fsp3) is 0.409. The van der Waals surface area contributed by atoms with E-state index in [2.05, 4.69) is 10.6 Å². The van der Waals surface area contributed by atoms with Gasteiger partial charge in [-0.15, -0.1) is 0 Å². The zero-order valence-electron chi connectivity index (χ0n) is 16.3. The summed E-state index contributed by atoms with van der Waals surface area (Å²) < 4.78 is 44.5. The predicted octanol–water partition coefficient (Wildman–Crippen LogP) is 5.32. The number of amides is 1. The highest BCUT2D eigenvalue weighted by atomic mass is 19.4. The molecule has 29 heavy (non-hydrogen) atoms. The van der Waals surface area contributed by atoms with E-state index in [1.54, 1.807) is 24.3 Å². The van der Waals surface area contributed by atoms with E-state index in [1.165, 1.54) is 19.2 Å². The van der Waals surface area contributed by atoms with Gasteiger partial charge < -0.3 is 15.4 Å². The summed E-state index contributed by atoms with van der Waals surface area (Å²) in [6.45, 7) is 0. The Morgan fingerprint density at radius 1 is 1.07 bits per heavy atom. The summed E-state index contributed by atoms with van der Waals surface area (Å²) in [7, 11) is 1.52. The molecule has 2 aromatic rings. The molecular formula is C22H25F3N2O2. The SMILES string of the molecule is COc1cccc(C(Nc2cccc(C(F)(F)F)c2)C(=O)NC2CCCCC2)c1. The Hall–Kier alpha value is -2.70. The molecular weight excluding hydrogens is 381 g/mol. The van der Waals surface area contributed by atoms with Gasteiger partial charge in [0.1, 0.15) is 11.8 Å². The summed E-state index contributed by atoms with van der Waals surface area (Å²) in [4.78, 5) is 13.1. The van der Waals surface area contributed by atoms with Crippen molar-refractivity contribution in [2.24, 2.45) is 0 Å². The zero-order chi connectivity index (χ0) is 20.9. The standard InChI is InChI=1S/C22H25F3N2O2/c1-29-19-12-5-7-15(13-19)20(21(28)27-17-9-3-2-4-10-17)26-18-11-6-8-16(14-18)22(23,24)25/h5-8,11-14,17,20,26H,2-4,9-10H2,1H3,(H,27,28). The fourth-order valence-corrected chi connectivity index (χ4v) is 3.60. The minimum Gasteiger partial charge on any atom is -0.497 e. The second-order valence-corrected chi connectivity index (χ2v) is 7.28. The number of nitrogens with one attached hydrogen (secondary N) is 2. The third-order valence-electron chi connectivity index (χ3n) is 5.14. The van der Waals surface area contributed by atoms with Crippen LogP contribution in [0.4, 0.5) is 18.9 Å². The molecule has 1 atom stereocenters. The molecule has 1 fully saturated rings. The lowest BCUT2D eigenvalue weighted by Gasteiger charge is -2.27. The van der Waals surface area contributed by atoms with Crippen molar-refractivity contribution < 1.29 is 22.7 Å². The number of carbonyl (C=O) groups is 1. The lowest BCUT2D eigenvalue weighted by molar-refractivity contribution is -0.137. The molecule has 2 aromatic carbocycles. The maximum atomic E-state index is 13.1. The summed E-state index contributed by atoms with van der Waals surface area (Å²) in [5.74, 6) is 0.311. The Balaban J connectivity index is 1.87. The highest BCUT2D eigenvalue weighted by Crippen LogP contribution is 2.32. The summed E-state index contributed by atoms with van der Waals surface area (Å²) in [5.41, 5.74) is 0.0843. The van der Waals surface area contributed by atoms with Crippen LogP contribution in [-0.2, 0) is 11.0 Å². The van der Waals surface area contributed by atoms with Crippen molar-refractivity contribution in [1.29, 1.82) is 0 Å². The molecule has 0 heterocycles. The van der Waals surface area contributed by atoms with Crippen molar-refractivity contribution >= 4 is 11.6 Å². The van der Waals surface area contributed by atoms with Gasteiger partial charge >= 0.3 is 6.18 Å². The number of rotatable bonds is 6. The number of carbonyl (C=O) groups excluding carboxylic acids is 1. The van der Waals surface area contributed by atoms with Gasteiger partial charge in [-0.3, -0.25) is 4.79 Å². The number of halogens is 3. The number of alkyl halides is 3. The Bertz CT molecular complexity index is 833. The van der Waals surface area contributed by atoms with Crippen molar-refractivity contribution in [2.45, 2.75) is 50.4 Å². The van der Waals surface area contributed by atoms with Gasteiger partial charge in [0, 0.05) is 11.7 Å². The van der Waals surface area contributed by atoms with Crippen LogP contribution in [-0.4, -0.2) is 19.1 Å². The first-order chi connectivity index (χ1) is 13.9. The second kappa shape index (κ2) is 9.20. The minimum atomic E-state index is -4.45. The summed E-state index contributed by atoms with van der Waals surface area (Å²) in [6, 6.07) is 11.1. The normalized spacial score (nSPS) is 16.1. The first-order valence-electron chi connectivity index (χ1n) is 9.75. The van der Waals surface area contributed by atoms with E-state index in [0.717, 1.165) is 44.2 Å². The first kappa shape index (κ1) is 21.0. The monoisotopic (exact) mass is 406 g/mol. The van der Waals surface area contributed by atoms with Crippen molar-refractivity contribution in [1.82, 2.24) is 5.32 Å². The molecule has 0 aliphatic heterocycles. The third-order valence-corrected chi connectivity index (χ3v) is 5.14. The largest absolute Gasteiger partial charge is 0.497 e. The van der Waals surface area contributed by atoms with Gasteiger partial charge in [0.25, 0.3) is 0 Å². The lowest BCUT2D eigenvalue weighted by Crippen LogP contribution is -2.41. The van der Waals surface area contributed by atoms with Crippen LogP contribution in [0.25, 0.3) is 0 Å². The van der Waals surface area contributed by atoms with E-state index in [0.29, 0.717) is 11.3 Å². The number of benzene rings is 2. The van der Waals surface area contributed by atoms with Crippen molar-refractivity contribution in [3.8, 4) is 5.75 Å². The Kier molecular flexibility index (Phi) is 6.67. The molecule has 1 unspecified atom stereocenters. The minimum absolute atomic E-state index is 0.0904. The molecule has 1 aliphatic carbocycles. The predicted molar refractivity (Wildman–Crippen MR) is 106 cm³/mol. The molecule has 0 spiro atoms. The van der Waals surface area contributed by atoms with Crippen LogP contribution in [0.2, 0.25) is 0 Å². The van der Waals surface area contributed by atoms with Crippen molar-refractivity contribution in [2.75, 3.05) is 12.4 Å². The van der Waals surface area contributed by atoms with Crippen LogP contribution >= 0.6 is 0 Å². The molecule has 2 N–H and O–H groups in total. The zero-order valence-corrected chi connectivity index (χ0v) is 16.3. The summed E-state index contributed by atoms with van der Waals surface area (Å²) in [5, 5.41) is 6.04. The van der Waals surface area contributed by atoms with Crippen LogP contribution in [0.1, 0.15) is 49.3 Å². The maximum absolute atomic E-state index is 13.1. The van der Waals surface area contributed by atoms with Gasteiger partial charge in [-0.2, -0.15) is 13.2 Å². The fourth-order valence-electron chi connectivity index (χ4n) is 3.60. The van der Waals surface area contributed by atoms with Crippen molar-refractivity contribution in [3.05, 3.63) is 59.7 Å². The van der Waals surface area contributed by atoms with Crippen molar-refractivity contribution in [3.63, 3.8) is 0 Å². The van der Waals surface area contributed by atoms with Gasteiger partial charge in [-0.25, -0.2) is 0 Å². The van der Waals surface area contributed by atoms with E-state index in [1.807, 2.05) is 0 Å². The molecule has 4 nitrogen and oxygen atoms in total. The Morgan fingerprint density at radius 3 is 2.48 bits per heavy atom. The van der Waals surface area contributed by atoms with E-state index in [9.17, 15) is 18.0 Å². The first-order valence-corrected chi connectivity index (χ1v) is 9.75. The molecule has 1 amide bonds. The smallest absolute Gasteiger partial charge is 0.416 e. The van der Waals surface area contributed by atoms with E-state index >= 15 is 0 Å². The molecule has 0 bridgehead atoms. The summed E-state index contributed by atoms with van der Waals surface area (Å²) in [6.07, 6.45) is 0.674. The van der Waals surface area contributed by atoms with E-state index in [-0.39, 0.29) is 17.6 Å². The number of anilines is 1. The van der Waals surface area contributed by atoms with Gasteiger partial charge in [0.15, 0.2) is 0 Å². The molecule has 3 rings (SSSR count). The number of ether oxygens (including phenoxy) is 1. The molecule has 1 saturated carbocycles. The quantitative estimate of drug-likeness (QED) is 0.683. The van der Waals surface area contributed by atoms with Gasteiger partial charge in [0.2, 0.25) is 5.91 Å². The molecule has 1 aliphatic rings. The second-order valence-electron chi connectivity index (χ2n) is 7.28. The molecule has 0 aromatic heterocycles. The van der Waals surface area contributed by atoms with Crippen LogP contribution < -0.4 is 15.4 Å². The number of hydrogen-bond donors (Lipinski definition) is 2. The van der Waals surface area contributed by atoms with Crippen LogP contribution in [0, 0.1) is 0 Å².